The second-order valence-electron chi connectivity index (χ2n) is 11.2. The van der Waals surface area contributed by atoms with Crippen LogP contribution in [0.3, 0.4) is 0 Å². The van der Waals surface area contributed by atoms with E-state index in [1.54, 1.807) is 9.47 Å². The summed E-state index contributed by atoms with van der Waals surface area (Å²) in [7, 11) is -3.54. The summed E-state index contributed by atoms with van der Waals surface area (Å²) in [5, 5.41) is 2.88. The van der Waals surface area contributed by atoms with Crippen molar-refractivity contribution in [3.63, 3.8) is 0 Å². The summed E-state index contributed by atoms with van der Waals surface area (Å²) in [4.78, 5) is 33.2. The molecule has 45 heavy (non-hydrogen) atoms. The van der Waals surface area contributed by atoms with Crippen LogP contribution in [0.1, 0.15) is 16.7 Å². The van der Waals surface area contributed by atoms with Gasteiger partial charge in [-0.25, -0.2) is 4.79 Å². The highest BCUT2D eigenvalue weighted by molar-refractivity contribution is 7.11. The fourth-order valence-corrected chi connectivity index (χ4v) is 11.6. The van der Waals surface area contributed by atoms with E-state index in [-0.39, 0.29) is 18.5 Å². The van der Waals surface area contributed by atoms with E-state index in [0.717, 1.165) is 32.3 Å². The van der Waals surface area contributed by atoms with Gasteiger partial charge in [-0.05, 0) is 32.3 Å². The molecule has 5 heteroatoms. The van der Waals surface area contributed by atoms with Crippen molar-refractivity contribution in [3.05, 3.63) is 199 Å². The predicted octanol–water partition coefficient (Wildman–Crippen LogP) is 6.06. The van der Waals surface area contributed by atoms with Crippen LogP contribution in [0.5, 0.6) is 0 Å². The number of carbonyl (C=O) groups is 2. The summed E-state index contributed by atoms with van der Waals surface area (Å²) >= 11 is 0. The number of benzene rings is 6. The molecule has 0 aliphatic carbocycles. The van der Waals surface area contributed by atoms with Gasteiger partial charge in [0.25, 0.3) is 14.1 Å². The standard InChI is InChI=1S/C40H32N2O2Si/c43-38-40(33-21-9-2-10-22-33,34-23-11-3-12-24-34)41(31-32-19-7-1-8-20-32)39(44)42(38)45(35-25-13-4-14-26-35,36-27-15-5-16-28-36)37-29-17-6-18-30-37/h1-30H,31H2. The SMILES string of the molecule is O=C1N(Cc2ccccc2)C(c2ccccc2)(c2ccccc2)C(=O)N1[Si](c1ccccc1)(c1ccccc1)c1ccccc1. The number of rotatable bonds is 8. The van der Waals surface area contributed by atoms with Crippen molar-refractivity contribution in [2.24, 2.45) is 0 Å². The molecule has 1 heterocycles. The Morgan fingerprint density at radius 2 is 0.778 bits per heavy atom. The van der Waals surface area contributed by atoms with Crippen molar-refractivity contribution in [2.45, 2.75) is 12.1 Å². The first-order valence-corrected chi connectivity index (χ1v) is 17.1. The van der Waals surface area contributed by atoms with Gasteiger partial charge >= 0.3 is 6.03 Å². The fraction of sp³-hybridized carbons (Fsp3) is 0.0500. The minimum Gasteiger partial charge on any atom is -0.298 e. The molecule has 1 aliphatic rings. The summed E-state index contributed by atoms with van der Waals surface area (Å²) in [5.74, 6) is -0.246. The Hall–Kier alpha value is -5.52. The largest absolute Gasteiger partial charge is 0.321 e. The Labute approximate surface area is 264 Å². The van der Waals surface area contributed by atoms with E-state index in [9.17, 15) is 0 Å². The van der Waals surface area contributed by atoms with Crippen LogP contribution in [-0.2, 0) is 16.9 Å². The monoisotopic (exact) mass is 600 g/mol. The lowest BCUT2D eigenvalue weighted by Crippen LogP contribution is -2.78. The minimum atomic E-state index is -3.54. The van der Waals surface area contributed by atoms with E-state index >= 15 is 9.59 Å². The quantitative estimate of drug-likeness (QED) is 0.121. The van der Waals surface area contributed by atoms with Crippen LogP contribution in [0.25, 0.3) is 0 Å². The van der Waals surface area contributed by atoms with Crippen molar-refractivity contribution in [1.29, 1.82) is 0 Å². The minimum absolute atomic E-state index is 0.246. The number of urea groups is 1. The summed E-state index contributed by atoms with van der Waals surface area (Å²) < 4.78 is 1.66. The highest BCUT2D eigenvalue weighted by atomic mass is 28.3. The zero-order valence-electron chi connectivity index (χ0n) is 24.7. The second-order valence-corrected chi connectivity index (χ2v) is 14.8. The molecule has 1 fully saturated rings. The van der Waals surface area contributed by atoms with E-state index in [1.165, 1.54) is 0 Å². The van der Waals surface area contributed by atoms with E-state index in [2.05, 4.69) is 36.4 Å². The van der Waals surface area contributed by atoms with Gasteiger partial charge in [-0.1, -0.05) is 182 Å². The van der Waals surface area contributed by atoms with Crippen LogP contribution in [-0.4, -0.2) is 29.6 Å². The first-order valence-electron chi connectivity index (χ1n) is 15.2. The number of amides is 3. The highest BCUT2D eigenvalue weighted by Gasteiger charge is 2.66. The number of carbonyl (C=O) groups excluding carboxylic acids is 2. The van der Waals surface area contributed by atoms with Crippen molar-refractivity contribution in [2.75, 3.05) is 0 Å². The van der Waals surface area contributed by atoms with Gasteiger partial charge in [-0.15, -0.1) is 0 Å². The van der Waals surface area contributed by atoms with Gasteiger partial charge in [0.1, 0.15) is 0 Å². The number of hydrogen-bond donors (Lipinski definition) is 0. The molecule has 1 aliphatic heterocycles. The molecule has 0 atom stereocenters. The molecule has 0 spiro atoms. The average molecular weight is 601 g/mol. The third kappa shape index (κ3) is 4.52. The molecule has 7 rings (SSSR count). The Kier molecular flexibility index (Phi) is 7.45. The maximum atomic E-state index is 15.9. The van der Waals surface area contributed by atoms with Crippen molar-refractivity contribution in [1.82, 2.24) is 9.47 Å². The van der Waals surface area contributed by atoms with E-state index in [4.69, 9.17) is 0 Å². The van der Waals surface area contributed by atoms with Crippen LogP contribution in [0.4, 0.5) is 4.79 Å². The normalized spacial score (nSPS) is 14.5. The van der Waals surface area contributed by atoms with Crippen molar-refractivity contribution < 1.29 is 9.59 Å². The summed E-state index contributed by atoms with van der Waals surface area (Å²) in [6, 6.07) is 59.5. The summed E-state index contributed by atoms with van der Waals surface area (Å²) in [5.41, 5.74) is 1.06. The van der Waals surface area contributed by atoms with Gasteiger partial charge < -0.3 is 0 Å². The Morgan fingerprint density at radius 1 is 0.444 bits per heavy atom. The smallest absolute Gasteiger partial charge is 0.298 e. The Balaban J connectivity index is 1.60. The van der Waals surface area contributed by atoms with Crippen molar-refractivity contribution >= 4 is 35.7 Å². The lowest BCUT2D eigenvalue weighted by atomic mass is 9.81. The van der Waals surface area contributed by atoms with Crippen LogP contribution in [0.2, 0.25) is 0 Å². The molecule has 0 bridgehead atoms. The number of imide groups is 1. The lowest BCUT2D eigenvalue weighted by molar-refractivity contribution is -0.129. The number of nitrogens with zero attached hydrogens (tertiary/aromatic N) is 2. The maximum absolute atomic E-state index is 15.9. The maximum Gasteiger partial charge on any atom is 0.321 e. The third-order valence-corrected chi connectivity index (χ3v) is 13.4. The molecule has 6 aromatic rings. The van der Waals surface area contributed by atoms with E-state index < -0.39 is 13.8 Å². The Bertz CT molecular complexity index is 1770. The van der Waals surface area contributed by atoms with Crippen LogP contribution < -0.4 is 15.6 Å². The molecule has 6 aromatic carbocycles. The molecule has 4 nitrogen and oxygen atoms in total. The lowest BCUT2D eigenvalue weighted by Gasteiger charge is -2.40. The molecule has 218 valence electrons. The first-order chi connectivity index (χ1) is 22.2. The van der Waals surface area contributed by atoms with E-state index in [0.29, 0.717) is 0 Å². The Morgan fingerprint density at radius 3 is 1.16 bits per heavy atom. The van der Waals surface area contributed by atoms with Crippen LogP contribution in [0.15, 0.2) is 182 Å². The van der Waals surface area contributed by atoms with Crippen LogP contribution >= 0.6 is 0 Å². The summed E-state index contributed by atoms with van der Waals surface area (Å²) in [6.45, 7) is 0.258. The van der Waals surface area contributed by atoms with Gasteiger partial charge in [0.15, 0.2) is 5.54 Å². The van der Waals surface area contributed by atoms with Gasteiger partial charge in [0.05, 0.1) is 0 Å². The highest BCUT2D eigenvalue weighted by Crippen LogP contribution is 2.45. The molecule has 0 saturated carbocycles. The van der Waals surface area contributed by atoms with Gasteiger partial charge in [0.2, 0.25) is 0 Å². The van der Waals surface area contributed by atoms with Crippen LogP contribution in [0, 0.1) is 0 Å². The molecule has 0 aromatic heterocycles. The molecule has 0 N–H and O–H groups in total. The topological polar surface area (TPSA) is 40.6 Å². The molecular formula is C40H32N2O2Si. The van der Waals surface area contributed by atoms with Gasteiger partial charge in [0, 0.05) is 6.54 Å². The van der Waals surface area contributed by atoms with Gasteiger partial charge in [-0.2, -0.15) is 0 Å². The molecule has 0 unspecified atom stereocenters. The zero-order valence-corrected chi connectivity index (χ0v) is 25.7. The molecular weight excluding hydrogens is 569 g/mol. The number of hydrogen-bond acceptors (Lipinski definition) is 2. The molecule has 1 saturated heterocycles. The van der Waals surface area contributed by atoms with Crippen molar-refractivity contribution in [3.8, 4) is 0 Å². The fourth-order valence-electron chi connectivity index (χ4n) is 6.89. The first kappa shape index (κ1) is 28.3. The third-order valence-electron chi connectivity index (χ3n) is 8.82. The van der Waals surface area contributed by atoms with Gasteiger partial charge in [-0.3, -0.25) is 14.3 Å². The molecule has 0 radical (unpaired) electrons. The predicted molar refractivity (Wildman–Crippen MR) is 182 cm³/mol. The zero-order chi connectivity index (χ0) is 30.7. The average Bonchev–Trinajstić information content (AvgIpc) is 3.34. The second kappa shape index (κ2) is 11.9. The molecule has 3 amide bonds. The van der Waals surface area contributed by atoms with E-state index in [1.807, 2.05) is 146 Å². The summed E-state index contributed by atoms with van der Waals surface area (Å²) in [6.07, 6.45) is 0.